The van der Waals surface area contributed by atoms with Crippen LogP contribution < -0.4 is 10.1 Å². The lowest BCUT2D eigenvalue weighted by atomic mass is 10.2. The lowest BCUT2D eigenvalue weighted by Crippen LogP contribution is -2.27. The summed E-state index contributed by atoms with van der Waals surface area (Å²) < 4.78 is 63.7. The summed E-state index contributed by atoms with van der Waals surface area (Å²) in [5.41, 5.74) is -0.729. The van der Waals surface area contributed by atoms with Crippen molar-refractivity contribution in [2.75, 3.05) is 11.6 Å². The van der Waals surface area contributed by atoms with Crippen molar-refractivity contribution < 1.29 is 27.2 Å². The summed E-state index contributed by atoms with van der Waals surface area (Å²) in [5, 5.41) is 12.2. The molecule has 1 heterocycles. The molecule has 11 heteroatoms. The standard InChI is InChI=1S/C16H19F3N4O3S/c1-9(24)10(2)26-14-13(16(17,18)19)8-21-15(23-14)22-11-4-6-12(7-5-11)27(3,20)25/h4-10,20,24H,1-3H3,(H,21,22,23)/t9-,10-,27?/m1/s1. The van der Waals surface area contributed by atoms with Crippen LogP contribution in [0.2, 0.25) is 0 Å². The van der Waals surface area contributed by atoms with Crippen molar-refractivity contribution in [2.45, 2.75) is 37.1 Å². The molecule has 2 aromatic rings. The fourth-order valence-corrected chi connectivity index (χ4v) is 2.57. The number of benzene rings is 1. The Morgan fingerprint density at radius 1 is 1.26 bits per heavy atom. The van der Waals surface area contributed by atoms with Crippen molar-refractivity contribution in [3.05, 3.63) is 36.0 Å². The highest BCUT2D eigenvalue weighted by Crippen LogP contribution is 2.36. The molecule has 1 aromatic carbocycles. The zero-order valence-electron chi connectivity index (χ0n) is 14.7. The highest BCUT2D eigenvalue weighted by atomic mass is 32.2. The fraction of sp³-hybridized carbons (Fsp3) is 0.375. The van der Waals surface area contributed by atoms with Gasteiger partial charge in [0.25, 0.3) is 0 Å². The summed E-state index contributed by atoms with van der Waals surface area (Å²) in [5.74, 6) is -0.848. The Bertz CT molecular complexity index is 900. The largest absolute Gasteiger partial charge is 0.471 e. The van der Waals surface area contributed by atoms with E-state index >= 15 is 0 Å². The Morgan fingerprint density at radius 3 is 2.33 bits per heavy atom. The molecule has 0 saturated heterocycles. The second kappa shape index (κ2) is 7.69. The van der Waals surface area contributed by atoms with Crippen LogP contribution in [0.4, 0.5) is 24.8 Å². The molecule has 7 nitrogen and oxygen atoms in total. The second-order valence-electron chi connectivity index (χ2n) is 5.97. The van der Waals surface area contributed by atoms with Crippen LogP contribution in [0.3, 0.4) is 0 Å². The van der Waals surface area contributed by atoms with Gasteiger partial charge in [-0.3, -0.25) is 0 Å². The van der Waals surface area contributed by atoms with E-state index in [9.17, 15) is 22.5 Å². The molecule has 27 heavy (non-hydrogen) atoms. The van der Waals surface area contributed by atoms with Crippen molar-refractivity contribution in [2.24, 2.45) is 0 Å². The third-order valence-electron chi connectivity index (χ3n) is 3.60. The third-order valence-corrected chi connectivity index (χ3v) is 4.77. The quantitative estimate of drug-likeness (QED) is 0.681. The molecular formula is C16H19F3N4O3S. The first-order valence-electron chi connectivity index (χ1n) is 7.78. The Balaban J connectivity index is 2.32. The van der Waals surface area contributed by atoms with Crippen LogP contribution in [0.25, 0.3) is 0 Å². The van der Waals surface area contributed by atoms with Crippen LogP contribution in [0.1, 0.15) is 19.4 Å². The topological polar surface area (TPSA) is 108 Å². The van der Waals surface area contributed by atoms with Crippen molar-refractivity contribution in [3.8, 4) is 5.88 Å². The molecule has 0 spiro atoms. The maximum atomic E-state index is 13.1. The van der Waals surface area contributed by atoms with Gasteiger partial charge in [0.05, 0.1) is 15.8 Å². The highest BCUT2D eigenvalue weighted by Gasteiger charge is 2.37. The van der Waals surface area contributed by atoms with Gasteiger partial charge >= 0.3 is 6.18 Å². The fourth-order valence-electron chi connectivity index (χ4n) is 1.91. The Labute approximate surface area is 154 Å². The molecule has 0 aliphatic heterocycles. The summed E-state index contributed by atoms with van der Waals surface area (Å²) >= 11 is 0. The van der Waals surface area contributed by atoms with Gasteiger partial charge in [-0.15, -0.1) is 0 Å². The van der Waals surface area contributed by atoms with Gasteiger partial charge in [-0.2, -0.15) is 18.2 Å². The van der Waals surface area contributed by atoms with Crippen LogP contribution in [-0.2, 0) is 15.9 Å². The summed E-state index contributed by atoms with van der Waals surface area (Å²) in [4.78, 5) is 7.72. The predicted octanol–water partition coefficient (Wildman–Crippen LogP) is 3.42. The van der Waals surface area contributed by atoms with E-state index in [-0.39, 0.29) is 5.95 Å². The van der Waals surface area contributed by atoms with Crippen molar-refractivity contribution in [1.82, 2.24) is 9.97 Å². The normalized spacial score (nSPS) is 16.3. The van der Waals surface area contributed by atoms with Crippen LogP contribution >= 0.6 is 0 Å². The van der Waals surface area contributed by atoms with E-state index in [1.165, 1.54) is 44.4 Å². The molecule has 0 fully saturated rings. The van der Waals surface area contributed by atoms with Gasteiger partial charge in [0.15, 0.2) is 0 Å². The molecule has 0 amide bonds. The van der Waals surface area contributed by atoms with Crippen molar-refractivity contribution >= 4 is 21.4 Å². The molecule has 0 bridgehead atoms. The first kappa shape index (κ1) is 20.9. The molecule has 1 aromatic heterocycles. The molecule has 0 saturated carbocycles. The average molecular weight is 404 g/mol. The molecular weight excluding hydrogens is 385 g/mol. The monoisotopic (exact) mass is 404 g/mol. The van der Waals surface area contributed by atoms with Crippen LogP contribution in [-0.4, -0.2) is 37.7 Å². The van der Waals surface area contributed by atoms with E-state index in [4.69, 9.17) is 9.52 Å². The van der Waals surface area contributed by atoms with Gasteiger partial charge in [0, 0.05) is 23.0 Å². The lowest BCUT2D eigenvalue weighted by molar-refractivity contribution is -0.140. The number of aromatic nitrogens is 2. The number of halogens is 3. The molecule has 3 atom stereocenters. The number of hydrogen-bond donors (Lipinski definition) is 3. The molecule has 2 rings (SSSR count). The predicted molar refractivity (Wildman–Crippen MR) is 93.6 cm³/mol. The first-order valence-corrected chi connectivity index (χ1v) is 9.74. The maximum Gasteiger partial charge on any atom is 0.423 e. The zero-order chi connectivity index (χ0) is 20.4. The van der Waals surface area contributed by atoms with Gasteiger partial charge in [-0.25, -0.2) is 14.0 Å². The smallest absolute Gasteiger partial charge is 0.423 e. The number of alkyl halides is 3. The van der Waals surface area contributed by atoms with E-state index in [1.54, 1.807) is 0 Å². The van der Waals surface area contributed by atoms with Gasteiger partial charge in [0.1, 0.15) is 11.7 Å². The number of nitrogens with one attached hydrogen (secondary N) is 2. The molecule has 3 N–H and O–H groups in total. The van der Waals surface area contributed by atoms with E-state index < -0.39 is 39.6 Å². The van der Waals surface area contributed by atoms with Gasteiger partial charge < -0.3 is 15.2 Å². The van der Waals surface area contributed by atoms with Crippen LogP contribution in [0.5, 0.6) is 5.88 Å². The summed E-state index contributed by atoms with van der Waals surface area (Å²) in [6, 6.07) is 5.95. The molecule has 0 aliphatic rings. The van der Waals surface area contributed by atoms with E-state index in [2.05, 4.69) is 15.3 Å². The number of rotatable bonds is 6. The minimum absolute atomic E-state index is 0.147. The number of aliphatic hydroxyl groups excluding tert-OH is 1. The van der Waals surface area contributed by atoms with E-state index in [0.717, 1.165) is 0 Å². The maximum absolute atomic E-state index is 13.1. The van der Waals surface area contributed by atoms with Gasteiger partial charge in [-0.1, -0.05) is 0 Å². The minimum Gasteiger partial charge on any atom is -0.471 e. The highest BCUT2D eigenvalue weighted by molar-refractivity contribution is 7.91. The molecule has 1 unspecified atom stereocenters. The van der Waals surface area contributed by atoms with Crippen LogP contribution in [0, 0.1) is 4.78 Å². The molecule has 0 aliphatic carbocycles. The Morgan fingerprint density at radius 2 is 1.85 bits per heavy atom. The first-order chi connectivity index (χ1) is 12.4. The Kier molecular flexibility index (Phi) is 5.95. The van der Waals surface area contributed by atoms with Crippen molar-refractivity contribution in [1.29, 1.82) is 4.78 Å². The summed E-state index contributed by atoms with van der Waals surface area (Å²) in [6.07, 6.45) is -4.76. The number of anilines is 2. The zero-order valence-corrected chi connectivity index (χ0v) is 15.6. The lowest BCUT2D eigenvalue weighted by Gasteiger charge is -2.20. The van der Waals surface area contributed by atoms with Crippen molar-refractivity contribution in [3.63, 3.8) is 0 Å². The van der Waals surface area contributed by atoms with E-state index in [0.29, 0.717) is 16.8 Å². The van der Waals surface area contributed by atoms with Crippen LogP contribution in [0.15, 0.2) is 35.4 Å². The molecule has 0 radical (unpaired) electrons. The summed E-state index contributed by atoms with van der Waals surface area (Å²) in [6.45, 7) is 2.81. The third kappa shape index (κ3) is 5.54. The average Bonchev–Trinajstić information content (AvgIpc) is 2.53. The van der Waals surface area contributed by atoms with Gasteiger partial charge in [-0.05, 0) is 38.1 Å². The second-order valence-corrected chi connectivity index (χ2v) is 8.13. The number of aliphatic hydroxyl groups is 1. The number of hydrogen-bond acceptors (Lipinski definition) is 7. The van der Waals surface area contributed by atoms with Gasteiger partial charge in [0.2, 0.25) is 11.8 Å². The minimum atomic E-state index is -4.72. The number of ether oxygens (including phenoxy) is 1. The van der Waals surface area contributed by atoms with E-state index in [1.807, 2.05) is 0 Å². The number of nitrogens with zero attached hydrogens (tertiary/aromatic N) is 2. The Hall–Kier alpha value is -2.40. The SMILES string of the molecule is C[C@@H](O)[C@@H](C)Oc1nc(Nc2ccc(S(C)(=N)=O)cc2)ncc1C(F)(F)F. The molecule has 148 valence electrons. The summed E-state index contributed by atoms with van der Waals surface area (Å²) in [7, 11) is -2.87.